The molecule has 0 fully saturated rings. The van der Waals surface area contributed by atoms with Gasteiger partial charge in [-0.2, -0.15) is 0 Å². The van der Waals surface area contributed by atoms with E-state index in [0.717, 1.165) is 10.1 Å². The van der Waals surface area contributed by atoms with Crippen molar-refractivity contribution in [2.45, 2.75) is 19.1 Å². The van der Waals surface area contributed by atoms with Crippen molar-refractivity contribution >= 4 is 42.9 Å². The number of thiophene rings is 1. The van der Waals surface area contributed by atoms with Gasteiger partial charge in [-0.3, -0.25) is 0 Å². The third-order valence-corrected chi connectivity index (χ3v) is 6.33. The molecule has 0 unspecified atom stereocenters. The van der Waals surface area contributed by atoms with Gasteiger partial charge in [0, 0.05) is 10.4 Å². The third kappa shape index (κ3) is 3.74. The summed E-state index contributed by atoms with van der Waals surface area (Å²) in [6.45, 7) is 3.08. The first-order chi connectivity index (χ1) is 9.79. The summed E-state index contributed by atoms with van der Waals surface area (Å²) in [6.07, 6.45) is 0. The molecule has 2 rings (SSSR count). The smallest absolute Gasteiger partial charge is 0.348 e. The van der Waals surface area contributed by atoms with Gasteiger partial charge in [0.25, 0.3) is 0 Å². The van der Waals surface area contributed by atoms with Gasteiger partial charge in [-0.05, 0) is 43.5 Å². The van der Waals surface area contributed by atoms with Crippen molar-refractivity contribution in [1.82, 2.24) is 0 Å². The number of carbonyl (C=O) groups excluding carboxylic acids is 1. The quantitative estimate of drug-likeness (QED) is 0.673. The molecule has 21 heavy (non-hydrogen) atoms. The van der Waals surface area contributed by atoms with Crippen LogP contribution >= 0.6 is 11.3 Å². The van der Waals surface area contributed by atoms with E-state index in [1.165, 1.54) is 11.3 Å². The number of hydrogen-bond acceptors (Lipinski definition) is 6. The molecule has 1 aromatic carbocycles. The van der Waals surface area contributed by atoms with Gasteiger partial charge in [-0.25, -0.2) is 13.2 Å². The summed E-state index contributed by atoms with van der Waals surface area (Å²) in [5.74, 6) is -0.664. The summed E-state index contributed by atoms with van der Waals surface area (Å²) in [4.78, 5) is 12.4. The molecule has 0 amide bonds. The van der Waals surface area contributed by atoms with Gasteiger partial charge in [0.2, 0.25) is 0 Å². The van der Waals surface area contributed by atoms with Crippen molar-refractivity contribution < 1.29 is 17.9 Å². The molecule has 0 aliphatic heterocycles. The predicted octanol–water partition coefficient (Wildman–Crippen LogP) is 2.46. The van der Waals surface area contributed by atoms with Crippen molar-refractivity contribution in [2.24, 2.45) is 0 Å². The second-order valence-corrected chi connectivity index (χ2v) is 8.72. The predicted molar refractivity (Wildman–Crippen MR) is 85.4 cm³/mol. The Morgan fingerprint density at radius 3 is 2.71 bits per heavy atom. The summed E-state index contributed by atoms with van der Waals surface area (Å²) >= 11 is 1.30. The Balaban J connectivity index is 2.03. The summed E-state index contributed by atoms with van der Waals surface area (Å²) in [7, 11) is -3.20. The average Bonchev–Trinajstić information content (AvgIpc) is 2.81. The van der Waals surface area contributed by atoms with Crippen LogP contribution in [-0.2, 0) is 14.6 Å². The fourth-order valence-corrected chi connectivity index (χ4v) is 3.44. The lowest BCUT2D eigenvalue weighted by Crippen LogP contribution is -2.22. The Morgan fingerprint density at radius 2 is 2.05 bits per heavy atom. The number of nitrogen functional groups attached to an aromatic ring is 1. The number of hydrogen-bond donors (Lipinski definition) is 1. The van der Waals surface area contributed by atoms with Gasteiger partial charge in [-0.1, -0.05) is 0 Å². The molecule has 0 spiro atoms. The summed E-state index contributed by atoms with van der Waals surface area (Å²) < 4.78 is 29.2. The molecule has 0 radical (unpaired) electrons. The number of nitrogens with two attached hydrogens (primary N) is 1. The van der Waals surface area contributed by atoms with Crippen LogP contribution in [0.15, 0.2) is 24.3 Å². The van der Waals surface area contributed by atoms with E-state index in [2.05, 4.69) is 0 Å². The molecule has 1 aromatic heterocycles. The summed E-state index contributed by atoms with van der Waals surface area (Å²) in [5, 5.41) is 0.408. The Bertz CT molecular complexity index is 762. The highest BCUT2D eigenvalue weighted by Gasteiger charge is 2.18. The van der Waals surface area contributed by atoms with Crippen LogP contribution in [0.3, 0.4) is 0 Å². The first kappa shape index (κ1) is 15.8. The lowest BCUT2D eigenvalue weighted by molar-refractivity contribution is 0.0535. The zero-order valence-electron chi connectivity index (χ0n) is 11.8. The molecule has 1 heterocycles. The Morgan fingerprint density at radius 1 is 1.33 bits per heavy atom. The Labute approximate surface area is 127 Å². The molecule has 0 saturated heterocycles. The molecule has 2 aromatic rings. The number of esters is 1. The number of ether oxygens (including phenoxy) is 1. The van der Waals surface area contributed by atoms with Crippen LogP contribution in [0.1, 0.15) is 23.5 Å². The number of anilines is 1. The molecule has 114 valence electrons. The number of sulfone groups is 1. The van der Waals surface area contributed by atoms with E-state index < -0.39 is 21.1 Å². The maximum atomic E-state index is 11.9. The summed E-state index contributed by atoms with van der Waals surface area (Å²) in [6, 6.07) is 7.10. The molecular weight excluding hydrogens is 310 g/mol. The number of benzene rings is 1. The fraction of sp³-hybridized carbons (Fsp3) is 0.357. The van der Waals surface area contributed by atoms with Crippen molar-refractivity contribution in [2.75, 3.05) is 18.1 Å². The number of rotatable bonds is 5. The van der Waals surface area contributed by atoms with Crippen molar-refractivity contribution in [3.63, 3.8) is 0 Å². The SMILES string of the molecule is CC(C)S(=O)(=O)CCOC(=O)c1cc2cc(N)ccc2s1. The zero-order valence-corrected chi connectivity index (χ0v) is 13.5. The van der Waals surface area contributed by atoms with Gasteiger partial charge in [-0.15, -0.1) is 11.3 Å². The molecule has 0 bridgehead atoms. The third-order valence-electron chi connectivity index (χ3n) is 3.06. The maximum absolute atomic E-state index is 11.9. The van der Waals surface area contributed by atoms with E-state index in [1.54, 1.807) is 32.0 Å². The molecule has 5 nitrogen and oxygen atoms in total. The maximum Gasteiger partial charge on any atom is 0.348 e. The Kier molecular flexibility index (Phi) is 4.53. The highest BCUT2D eigenvalue weighted by molar-refractivity contribution is 7.91. The second kappa shape index (κ2) is 6.03. The van der Waals surface area contributed by atoms with Crippen LogP contribution in [0.4, 0.5) is 5.69 Å². The first-order valence-corrected chi connectivity index (χ1v) is 9.00. The van der Waals surface area contributed by atoms with Crippen molar-refractivity contribution in [3.8, 4) is 0 Å². The van der Waals surface area contributed by atoms with E-state index in [0.29, 0.717) is 10.6 Å². The monoisotopic (exact) mass is 327 g/mol. The van der Waals surface area contributed by atoms with Crippen LogP contribution in [0, 0.1) is 0 Å². The number of fused-ring (bicyclic) bond motifs is 1. The summed E-state index contributed by atoms with van der Waals surface area (Å²) in [5.41, 5.74) is 6.32. The fourth-order valence-electron chi connectivity index (χ4n) is 1.72. The minimum absolute atomic E-state index is 0.129. The van der Waals surface area contributed by atoms with E-state index in [-0.39, 0.29) is 12.4 Å². The molecular formula is C14H17NO4S2. The van der Waals surface area contributed by atoms with Gasteiger partial charge < -0.3 is 10.5 Å². The first-order valence-electron chi connectivity index (χ1n) is 6.47. The number of carbonyl (C=O) groups is 1. The average molecular weight is 327 g/mol. The van der Waals surface area contributed by atoms with Gasteiger partial charge in [0.1, 0.15) is 11.5 Å². The van der Waals surface area contributed by atoms with Crippen LogP contribution in [-0.4, -0.2) is 32.0 Å². The van der Waals surface area contributed by atoms with Gasteiger partial charge >= 0.3 is 5.97 Å². The van der Waals surface area contributed by atoms with Gasteiger partial charge in [0.15, 0.2) is 9.84 Å². The van der Waals surface area contributed by atoms with E-state index in [4.69, 9.17) is 10.5 Å². The Hall–Kier alpha value is -1.60. The van der Waals surface area contributed by atoms with Crippen LogP contribution in [0.5, 0.6) is 0 Å². The topological polar surface area (TPSA) is 86.5 Å². The largest absolute Gasteiger partial charge is 0.460 e. The molecule has 0 aliphatic rings. The highest BCUT2D eigenvalue weighted by atomic mass is 32.2. The van der Waals surface area contributed by atoms with E-state index in [9.17, 15) is 13.2 Å². The molecule has 0 saturated carbocycles. The minimum Gasteiger partial charge on any atom is -0.460 e. The van der Waals surface area contributed by atoms with Crippen LogP contribution in [0.2, 0.25) is 0 Å². The molecule has 2 N–H and O–H groups in total. The minimum atomic E-state index is -3.20. The van der Waals surface area contributed by atoms with Crippen LogP contribution in [0.25, 0.3) is 10.1 Å². The van der Waals surface area contributed by atoms with E-state index >= 15 is 0 Å². The van der Waals surface area contributed by atoms with Crippen molar-refractivity contribution in [3.05, 3.63) is 29.1 Å². The van der Waals surface area contributed by atoms with Gasteiger partial charge in [0.05, 0.1) is 11.0 Å². The van der Waals surface area contributed by atoms with E-state index in [1.807, 2.05) is 6.07 Å². The zero-order chi connectivity index (χ0) is 15.6. The molecule has 7 heteroatoms. The molecule has 0 atom stereocenters. The highest BCUT2D eigenvalue weighted by Crippen LogP contribution is 2.27. The lowest BCUT2D eigenvalue weighted by Gasteiger charge is -2.07. The normalized spacial score (nSPS) is 12.0. The molecule has 0 aliphatic carbocycles. The van der Waals surface area contributed by atoms with Crippen LogP contribution < -0.4 is 5.73 Å². The lowest BCUT2D eigenvalue weighted by atomic mass is 10.2. The standard InChI is InChI=1S/C14H17NO4S2/c1-9(2)21(17,18)6-5-19-14(16)13-8-10-7-11(15)3-4-12(10)20-13/h3-4,7-9H,5-6,15H2,1-2H3. The second-order valence-electron chi connectivity index (χ2n) is 4.96. The van der Waals surface area contributed by atoms with Crippen molar-refractivity contribution in [1.29, 1.82) is 0 Å².